The maximum atomic E-state index is 12.0. The Kier molecular flexibility index (Phi) is 3.59. The van der Waals surface area contributed by atoms with Crippen LogP contribution in [-0.4, -0.2) is 21.7 Å². The number of carbonyl (C=O) groups excluding carboxylic acids is 1. The van der Waals surface area contributed by atoms with Crippen LogP contribution in [0.5, 0.6) is 0 Å². The molecule has 0 N–H and O–H groups in total. The Morgan fingerprint density at radius 3 is 2.68 bits per heavy atom. The lowest BCUT2D eigenvalue weighted by atomic mass is 10.1. The van der Waals surface area contributed by atoms with Gasteiger partial charge in [0.2, 0.25) is 0 Å². The van der Waals surface area contributed by atoms with E-state index >= 15 is 0 Å². The van der Waals surface area contributed by atoms with Crippen molar-refractivity contribution in [3.63, 3.8) is 0 Å². The van der Waals surface area contributed by atoms with Crippen molar-refractivity contribution in [1.82, 2.24) is 9.78 Å². The SMILES string of the molecule is Cn1nc(CC(=O)CCC(F)(F)F)c2ccccc21. The molecule has 1 aromatic heterocycles. The molecule has 0 atom stereocenters. The molecule has 3 nitrogen and oxygen atoms in total. The van der Waals surface area contributed by atoms with E-state index in [1.807, 2.05) is 24.3 Å². The summed E-state index contributed by atoms with van der Waals surface area (Å²) in [7, 11) is 1.74. The van der Waals surface area contributed by atoms with Gasteiger partial charge in [-0.05, 0) is 6.07 Å². The third-order valence-electron chi connectivity index (χ3n) is 2.89. The van der Waals surface area contributed by atoms with Gasteiger partial charge in [0.25, 0.3) is 0 Å². The lowest BCUT2D eigenvalue weighted by Gasteiger charge is -2.04. The molecule has 6 heteroatoms. The van der Waals surface area contributed by atoms with Crippen molar-refractivity contribution in [3.05, 3.63) is 30.0 Å². The van der Waals surface area contributed by atoms with Crippen LogP contribution >= 0.6 is 0 Å². The van der Waals surface area contributed by atoms with E-state index in [0.717, 1.165) is 10.9 Å². The summed E-state index contributed by atoms with van der Waals surface area (Å²) in [6.45, 7) is 0. The molecule has 0 aliphatic carbocycles. The number of nitrogens with zero attached hydrogens (tertiary/aromatic N) is 2. The van der Waals surface area contributed by atoms with E-state index in [9.17, 15) is 18.0 Å². The first-order valence-corrected chi connectivity index (χ1v) is 5.86. The van der Waals surface area contributed by atoms with E-state index in [1.165, 1.54) is 0 Å². The number of halogens is 3. The molecule has 0 radical (unpaired) electrons. The van der Waals surface area contributed by atoms with Crippen LogP contribution in [0, 0.1) is 0 Å². The van der Waals surface area contributed by atoms with Crippen molar-refractivity contribution in [1.29, 1.82) is 0 Å². The van der Waals surface area contributed by atoms with Crippen molar-refractivity contribution < 1.29 is 18.0 Å². The summed E-state index contributed by atoms with van der Waals surface area (Å²) in [4.78, 5) is 11.6. The van der Waals surface area contributed by atoms with Crippen LogP contribution in [0.1, 0.15) is 18.5 Å². The number of carbonyl (C=O) groups is 1. The van der Waals surface area contributed by atoms with Crippen LogP contribution < -0.4 is 0 Å². The van der Waals surface area contributed by atoms with Gasteiger partial charge in [-0.3, -0.25) is 9.48 Å². The predicted molar refractivity (Wildman–Crippen MR) is 64.7 cm³/mol. The number of Topliss-reactive ketones (excluding diaryl/α,β-unsaturated/α-hetero) is 1. The molecule has 0 aliphatic heterocycles. The minimum absolute atomic E-state index is 0.0581. The van der Waals surface area contributed by atoms with Crippen LogP contribution in [0.4, 0.5) is 13.2 Å². The second-order valence-corrected chi connectivity index (χ2v) is 4.42. The van der Waals surface area contributed by atoms with Gasteiger partial charge >= 0.3 is 6.18 Å². The van der Waals surface area contributed by atoms with Crippen molar-refractivity contribution >= 4 is 16.7 Å². The molecular weight excluding hydrogens is 257 g/mol. The van der Waals surface area contributed by atoms with Gasteiger partial charge in [-0.25, -0.2) is 0 Å². The van der Waals surface area contributed by atoms with E-state index in [0.29, 0.717) is 5.69 Å². The molecule has 0 fully saturated rings. The smallest absolute Gasteiger partial charge is 0.299 e. The van der Waals surface area contributed by atoms with Crippen molar-refractivity contribution in [2.24, 2.45) is 7.05 Å². The number of hydrogen-bond acceptors (Lipinski definition) is 2. The number of para-hydroxylation sites is 1. The minimum atomic E-state index is -4.29. The number of alkyl halides is 3. The Morgan fingerprint density at radius 1 is 1.32 bits per heavy atom. The molecule has 1 aromatic carbocycles. The molecule has 0 bridgehead atoms. The number of hydrogen-bond donors (Lipinski definition) is 0. The number of aromatic nitrogens is 2. The van der Waals surface area contributed by atoms with Gasteiger partial charge in [0.1, 0.15) is 5.78 Å². The fourth-order valence-electron chi connectivity index (χ4n) is 1.98. The van der Waals surface area contributed by atoms with Gasteiger partial charge in [0.05, 0.1) is 24.1 Å². The van der Waals surface area contributed by atoms with E-state index in [2.05, 4.69) is 5.10 Å². The van der Waals surface area contributed by atoms with Crippen LogP contribution in [0.15, 0.2) is 24.3 Å². The second-order valence-electron chi connectivity index (χ2n) is 4.42. The third kappa shape index (κ3) is 3.33. The summed E-state index contributed by atoms with van der Waals surface area (Å²) in [6.07, 6.45) is -5.91. The maximum Gasteiger partial charge on any atom is 0.389 e. The van der Waals surface area contributed by atoms with Crippen LogP contribution in [0.25, 0.3) is 10.9 Å². The molecule has 1 heterocycles. The molecule has 2 aromatic rings. The van der Waals surface area contributed by atoms with Gasteiger partial charge in [-0.1, -0.05) is 18.2 Å². The molecular formula is C13H13F3N2O. The summed E-state index contributed by atoms with van der Waals surface area (Å²) < 4.78 is 37.7. The zero-order valence-corrected chi connectivity index (χ0v) is 10.4. The first-order chi connectivity index (χ1) is 8.87. The Balaban J connectivity index is 2.11. The highest BCUT2D eigenvalue weighted by Crippen LogP contribution is 2.23. The normalized spacial score (nSPS) is 12.0. The first-order valence-electron chi connectivity index (χ1n) is 5.86. The number of fused-ring (bicyclic) bond motifs is 1. The number of benzene rings is 1. The summed E-state index contributed by atoms with van der Waals surface area (Å²) in [5.41, 5.74) is 1.39. The van der Waals surface area contributed by atoms with E-state index in [4.69, 9.17) is 0 Å². The number of ketones is 1. The fourth-order valence-corrected chi connectivity index (χ4v) is 1.98. The van der Waals surface area contributed by atoms with Crippen LogP contribution in [-0.2, 0) is 18.3 Å². The highest BCUT2D eigenvalue weighted by atomic mass is 19.4. The van der Waals surface area contributed by atoms with E-state index in [-0.39, 0.29) is 6.42 Å². The van der Waals surface area contributed by atoms with Crippen LogP contribution in [0.3, 0.4) is 0 Å². The zero-order valence-electron chi connectivity index (χ0n) is 10.4. The largest absolute Gasteiger partial charge is 0.389 e. The Hall–Kier alpha value is -1.85. The molecule has 0 saturated carbocycles. The lowest BCUT2D eigenvalue weighted by molar-refractivity contribution is -0.143. The standard InChI is InChI=1S/C13H13F3N2O/c1-18-12-5-3-2-4-10(12)11(17-18)8-9(19)6-7-13(14,15)16/h2-5H,6-8H2,1H3. The Labute approximate surface area is 108 Å². The molecule has 0 spiro atoms. The summed E-state index contributed by atoms with van der Waals surface area (Å²) in [5.74, 6) is -0.443. The maximum absolute atomic E-state index is 12.0. The van der Waals surface area contributed by atoms with Gasteiger partial charge in [0, 0.05) is 18.9 Å². The quantitative estimate of drug-likeness (QED) is 0.856. The van der Waals surface area contributed by atoms with Crippen LogP contribution in [0.2, 0.25) is 0 Å². The molecule has 102 valence electrons. The Bertz CT molecular complexity index is 601. The predicted octanol–water partition coefficient (Wildman–Crippen LogP) is 3.03. The molecule has 19 heavy (non-hydrogen) atoms. The lowest BCUT2D eigenvalue weighted by Crippen LogP contribution is -2.12. The highest BCUT2D eigenvalue weighted by Gasteiger charge is 2.28. The van der Waals surface area contributed by atoms with E-state index < -0.39 is 24.8 Å². The summed E-state index contributed by atoms with van der Waals surface area (Å²) >= 11 is 0. The van der Waals surface area contributed by atoms with Crippen molar-refractivity contribution in [2.45, 2.75) is 25.4 Å². The molecule has 0 unspecified atom stereocenters. The van der Waals surface area contributed by atoms with Crippen molar-refractivity contribution in [2.75, 3.05) is 0 Å². The van der Waals surface area contributed by atoms with Crippen molar-refractivity contribution in [3.8, 4) is 0 Å². The average molecular weight is 270 g/mol. The molecule has 0 amide bonds. The highest BCUT2D eigenvalue weighted by molar-refractivity contribution is 5.88. The van der Waals surface area contributed by atoms with Gasteiger partial charge in [-0.15, -0.1) is 0 Å². The molecule has 2 rings (SSSR count). The number of rotatable bonds is 4. The molecule has 0 aliphatic rings. The fraction of sp³-hybridized carbons (Fsp3) is 0.385. The second kappa shape index (κ2) is 5.03. The van der Waals surface area contributed by atoms with Gasteiger partial charge in [-0.2, -0.15) is 18.3 Å². The van der Waals surface area contributed by atoms with Gasteiger partial charge in [0.15, 0.2) is 0 Å². The summed E-state index contributed by atoms with van der Waals surface area (Å²) in [6, 6.07) is 7.33. The topological polar surface area (TPSA) is 34.9 Å². The third-order valence-corrected chi connectivity index (χ3v) is 2.89. The monoisotopic (exact) mass is 270 g/mol. The molecule has 0 saturated heterocycles. The minimum Gasteiger partial charge on any atom is -0.299 e. The van der Waals surface area contributed by atoms with Gasteiger partial charge < -0.3 is 0 Å². The number of aryl methyl sites for hydroxylation is 1. The zero-order chi connectivity index (χ0) is 14.0. The van der Waals surface area contributed by atoms with E-state index in [1.54, 1.807) is 11.7 Å². The first kappa shape index (κ1) is 13.6. The summed E-state index contributed by atoms with van der Waals surface area (Å²) in [5, 5.41) is 5.00. The average Bonchev–Trinajstić information content (AvgIpc) is 2.64. The Morgan fingerprint density at radius 2 is 2.00 bits per heavy atom.